The number of likely N-dealkylation sites (tertiary alicyclic amines) is 1. The molecular formula is C25H33FN6. The first-order valence-corrected chi connectivity index (χ1v) is 11.9. The van der Waals surface area contributed by atoms with E-state index >= 15 is 0 Å². The molecule has 7 heteroatoms. The number of hydrogen-bond acceptors (Lipinski definition) is 5. The molecule has 0 bridgehead atoms. The van der Waals surface area contributed by atoms with Gasteiger partial charge >= 0.3 is 0 Å². The van der Waals surface area contributed by atoms with Crippen LogP contribution in [0.4, 0.5) is 10.2 Å². The Kier molecular flexibility index (Phi) is 6.11. The predicted octanol–water partition coefficient (Wildman–Crippen LogP) is 4.15. The fourth-order valence-electron chi connectivity index (χ4n) is 5.15. The molecular weight excluding hydrogens is 403 g/mol. The zero-order valence-electron chi connectivity index (χ0n) is 19.1. The normalized spacial score (nSPS) is 19.7. The van der Waals surface area contributed by atoms with Gasteiger partial charge in [-0.2, -0.15) is 0 Å². The van der Waals surface area contributed by atoms with E-state index in [1.807, 2.05) is 18.2 Å². The molecule has 32 heavy (non-hydrogen) atoms. The van der Waals surface area contributed by atoms with Crippen molar-refractivity contribution in [2.24, 2.45) is 0 Å². The highest BCUT2D eigenvalue weighted by atomic mass is 19.1. The summed E-state index contributed by atoms with van der Waals surface area (Å²) < 4.78 is 14.1. The summed E-state index contributed by atoms with van der Waals surface area (Å²) in [5.74, 6) is 1.27. The molecule has 0 amide bonds. The first-order chi connectivity index (χ1) is 15.6. The van der Waals surface area contributed by atoms with Crippen LogP contribution < -0.4 is 4.90 Å². The van der Waals surface area contributed by atoms with E-state index < -0.39 is 0 Å². The van der Waals surface area contributed by atoms with Gasteiger partial charge in [-0.1, -0.05) is 12.1 Å². The number of fused-ring (bicyclic) bond motifs is 1. The van der Waals surface area contributed by atoms with Crippen LogP contribution in [0.5, 0.6) is 0 Å². The zero-order chi connectivity index (χ0) is 22.1. The Hall–Kier alpha value is -2.51. The van der Waals surface area contributed by atoms with E-state index in [0.717, 1.165) is 44.1 Å². The van der Waals surface area contributed by atoms with Crippen LogP contribution in [0.15, 0.2) is 36.4 Å². The molecule has 0 radical (unpaired) electrons. The zero-order valence-corrected chi connectivity index (χ0v) is 19.1. The molecule has 2 aliphatic rings. The van der Waals surface area contributed by atoms with Gasteiger partial charge in [-0.3, -0.25) is 4.90 Å². The van der Waals surface area contributed by atoms with Gasteiger partial charge < -0.3 is 14.8 Å². The molecule has 2 saturated heterocycles. The van der Waals surface area contributed by atoms with E-state index in [4.69, 9.17) is 4.98 Å². The van der Waals surface area contributed by atoms with E-state index in [1.54, 1.807) is 6.07 Å². The third kappa shape index (κ3) is 4.36. The van der Waals surface area contributed by atoms with Crippen LogP contribution in [0, 0.1) is 5.82 Å². The smallest absolute Gasteiger partial charge is 0.157 e. The quantitative estimate of drug-likeness (QED) is 0.666. The molecule has 0 saturated carbocycles. The lowest BCUT2D eigenvalue weighted by Gasteiger charge is -2.39. The summed E-state index contributed by atoms with van der Waals surface area (Å²) in [6.45, 7) is 11.2. The van der Waals surface area contributed by atoms with Crippen LogP contribution in [-0.4, -0.2) is 76.1 Å². The van der Waals surface area contributed by atoms with Gasteiger partial charge in [0, 0.05) is 38.3 Å². The van der Waals surface area contributed by atoms with Crippen LogP contribution in [-0.2, 0) is 0 Å². The van der Waals surface area contributed by atoms with Crippen LogP contribution >= 0.6 is 0 Å². The van der Waals surface area contributed by atoms with Crippen molar-refractivity contribution >= 4 is 16.9 Å². The summed E-state index contributed by atoms with van der Waals surface area (Å²) in [7, 11) is 0. The highest BCUT2D eigenvalue weighted by Crippen LogP contribution is 2.25. The Morgan fingerprint density at radius 2 is 1.75 bits per heavy atom. The molecule has 0 spiro atoms. The number of imidazole rings is 1. The predicted molar refractivity (Wildman–Crippen MR) is 127 cm³/mol. The Bertz CT molecular complexity index is 1060. The number of hydrogen-bond donors (Lipinski definition) is 1. The number of para-hydroxylation sites is 1. The monoisotopic (exact) mass is 436 g/mol. The molecule has 170 valence electrons. The van der Waals surface area contributed by atoms with Crippen LogP contribution in [0.1, 0.15) is 33.1 Å². The molecule has 3 aromatic rings. The Balaban J connectivity index is 1.27. The molecule has 0 atom stereocenters. The number of benzene rings is 1. The molecule has 1 aromatic carbocycles. The van der Waals surface area contributed by atoms with Gasteiger partial charge in [0.05, 0.1) is 5.52 Å². The maximum atomic E-state index is 14.1. The third-order valence-electron chi connectivity index (χ3n) is 7.04. The number of aromatic nitrogens is 3. The standard InChI is InChI=1S/C25H33FN6/c1-18(2)30-14-10-19(11-15-30)31-12-5-13-32(17-16-31)23-9-4-8-22(27-23)25-28-21-7-3-6-20(26)24(21)29-25/h3-4,6-9,18-19H,5,10-17H2,1-2H3,(H,28,29). The molecule has 4 heterocycles. The average Bonchev–Trinajstić information content (AvgIpc) is 3.11. The van der Waals surface area contributed by atoms with Gasteiger partial charge in [-0.15, -0.1) is 0 Å². The highest BCUT2D eigenvalue weighted by molar-refractivity contribution is 5.79. The van der Waals surface area contributed by atoms with Crippen molar-refractivity contribution in [3.05, 3.63) is 42.2 Å². The van der Waals surface area contributed by atoms with Crippen LogP contribution in [0.25, 0.3) is 22.6 Å². The topological polar surface area (TPSA) is 51.3 Å². The number of halogens is 1. The minimum atomic E-state index is -0.312. The van der Waals surface area contributed by atoms with E-state index in [9.17, 15) is 4.39 Å². The third-order valence-corrected chi connectivity index (χ3v) is 7.04. The number of nitrogens with zero attached hydrogens (tertiary/aromatic N) is 5. The fraction of sp³-hybridized carbons (Fsp3) is 0.520. The van der Waals surface area contributed by atoms with E-state index in [1.165, 1.54) is 32.0 Å². The van der Waals surface area contributed by atoms with Crippen molar-refractivity contribution < 1.29 is 4.39 Å². The molecule has 5 rings (SSSR count). The Morgan fingerprint density at radius 3 is 2.53 bits per heavy atom. The summed E-state index contributed by atoms with van der Waals surface area (Å²) >= 11 is 0. The number of piperidine rings is 1. The van der Waals surface area contributed by atoms with Crippen molar-refractivity contribution in [2.75, 3.05) is 44.2 Å². The minimum Gasteiger partial charge on any atom is -0.355 e. The van der Waals surface area contributed by atoms with Crippen LogP contribution in [0.3, 0.4) is 0 Å². The van der Waals surface area contributed by atoms with Crippen molar-refractivity contribution in [3.63, 3.8) is 0 Å². The molecule has 1 N–H and O–H groups in total. The summed E-state index contributed by atoms with van der Waals surface area (Å²) in [4.78, 5) is 20.2. The minimum absolute atomic E-state index is 0.312. The number of pyridine rings is 1. The number of anilines is 1. The fourth-order valence-corrected chi connectivity index (χ4v) is 5.15. The van der Waals surface area contributed by atoms with Crippen molar-refractivity contribution in [2.45, 2.75) is 45.2 Å². The largest absolute Gasteiger partial charge is 0.355 e. The maximum absolute atomic E-state index is 14.1. The lowest BCUT2D eigenvalue weighted by molar-refractivity contribution is 0.0965. The van der Waals surface area contributed by atoms with Crippen molar-refractivity contribution in [1.82, 2.24) is 24.8 Å². The first kappa shape index (κ1) is 21.3. The number of aromatic amines is 1. The molecule has 0 unspecified atom stereocenters. The summed E-state index contributed by atoms with van der Waals surface area (Å²) in [6, 6.07) is 12.4. The average molecular weight is 437 g/mol. The van der Waals surface area contributed by atoms with Crippen LogP contribution in [0.2, 0.25) is 0 Å². The van der Waals surface area contributed by atoms with Gasteiger partial charge in [-0.05, 0) is 70.5 Å². The van der Waals surface area contributed by atoms with Gasteiger partial charge in [-0.25, -0.2) is 14.4 Å². The highest BCUT2D eigenvalue weighted by Gasteiger charge is 2.27. The van der Waals surface area contributed by atoms with E-state index in [-0.39, 0.29) is 5.82 Å². The second-order valence-corrected chi connectivity index (χ2v) is 9.34. The Labute approximate surface area is 189 Å². The molecule has 2 fully saturated rings. The van der Waals surface area contributed by atoms with Gasteiger partial charge in [0.15, 0.2) is 11.6 Å². The second kappa shape index (κ2) is 9.16. The number of nitrogens with one attached hydrogen (secondary N) is 1. The summed E-state index contributed by atoms with van der Waals surface area (Å²) in [5, 5.41) is 0. The summed E-state index contributed by atoms with van der Waals surface area (Å²) in [5.41, 5.74) is 1.81. The lowest BCUT2D eigenvalue weighted by atomic mass is 10.0. The van der Waals surface area contributed by atoms with E-state index in [2.05, 4.69) is 44.6 Å². The Morgan fingerprint density at radius 1 is 0.938 bits per heavy atom. The van der Waals surface area contributed by atoms with Crippen molar-refractivity contribution in [1.29, 1.82) is 0 Å². The van der Waals surface area contributed by atoms with E-state index in [0.29, 0.717) is 28.9 Å². The van der Waals surface area contributed by atoms with Gasteiger partial charge in [0.1, 0.15) is 17.0 Å². The number of H-pyrrole nitrogens is 1. The molecule has 2 aromatic heterocycles. The maximum Gasteiger partial charge on any atom is 0.157 e. The second-order valence-electron chi connectivity index (χ2n) is 9.34. The molecule has 0 aliphatic carbocycles. The molecule has 6 nitrogen and oxygen atoms in total. The lowest BCUT2D eigenvalue weighted by Crippen LogP contribution is -2.47. The summed E-state index contributed by atoms with van der Waals surface area (Å²) in [6.07, 6.45) is 3.69. The van der Waals surface area contributed by atoms with Crippen molar-refractivity contribution in [3.8, 4) is 11.5 Å². The van der Waals surface area contributed by atoms with Gasteiger partial charge in [0.2, 0.25) is 0 Å². The first-order valence-electron chi connectivity index (χ1n) is 11.9. The SMILES string of the molecule is CC(C)N1CCC(N2CCCN(c3cccc(-c4nc5c(F)cccc5[nH]4)n3)CC2)CC1. The number of rotatable bonds is 4. The molecule has 2 aliphatic heterocycles. The van der Waals surface area contributed by atoms with Gasteiger partial charge in [0.25, 0.3) is 0 Å².